The van der Waals surface area contributed by atoms with Gasteiger partial charge in [-0.1, -0.05) is 54.6 Å². The Labute approximate surface area is 215 Å². The molecule has 1 N–H and O–H groups in total. The van der Waals surface area contributed by atoms with E-state index >= 15 is 0 Å². The average molecular weight is 488 g/mol. The van der Waals surface area contributed by atoms with Crippen molar-refractivity contribution >= 4 is 5.69 Å². The molecule has 0 radical (unpaired) electrons. The molecule has 1 aliphatic rings. The van der Waals surface area contributed by atoms with Gasteiger partial charge in [0.15, 0.2) is 0 Å². The van der Waals surface area contributed by atoms with Crippen LogP contribution in [0.3, 0.4) is 0 Å². The first kappa shape index (κ1) is 25.8. The molecule has 0 bridgehead atoms. The second-order valence-electron chi connectivity index (χ2n) is 9.51. The van der Waals surface area contributed by atoms with Gasteiger partial charge in [0.2, 0.25) is 0 Å². The molecule has 190 valence electrons. The van der Waals surface area contributed by atoms with Crippen molar-refractivity contribution in [2.75, 3.05) is 25.6 Å². The van der Waals surface area contributed by atoms with Gasteiger partial charge in [-0.2, -0.15) is 0 Å². The van der Waals surface area contributed by atoms with Crippen LogP contribution in [0.25, 0.3) is 0 Å². The maximum atomic E-state index is 6.56. The summed E-state index contributed by atoms with van der Waals surface area (Å²) in [5.41, 5.74) is 3.91. The van der Waals surface area contributed by atoms with Crippen LogP contribution >= 0.6 is 0 Å². The van der Waals surface area contributed by atoms with Crippen molar-refractivity contribution < 1.29 is 18.9 Å². The smallest absolute Gasteiger partial charge is 0.132 e. The molecule has 0 aromatic heterocycles. The van der Waals surface area contributed by atoms with E-state index in [0.29, 0.717) is 19.8 Å². The Bertz CT molecular complexity index is 1130. The third-order valence-corrected chi connectivity index (χ3v) is 6.44. The highest BCUT2D eigenvalue weighted by Gasteiger charge is 2.45. The van der Waals surface area contributed by atoms with Crippen LogP contribution in [-0.2, 0) is 22.4 Å². The van der Waals surface area contributed by atoms with Crippen molar-refractivity contribution in [3.8, 4) is 11.5 Å². The van der Waals surface area contributed by atoms with Gasteiger partial charge in [-0.25, -0.2) is 0 Å². The standard InChI is InChI=1S/C31H37NO4/c1-5-6-19-35-30-29(34-20-18-23-10-8-7-9-11-23)27-21-25(14-17-28(27)36-31(30,2)3)32-22-24-12-15-26(33-4)16-13-24/h5-17,21,29-30,32H,18-20,22H2,1-4H3. The summed E-state index contributed by atoms with van der Waals surface area (Å²) in [6.07, 6.45) is 4.34. The number of benzene rings is 3. The number of allylic oxidation sites excluding steroid dienone is 1. The molecule has 4 rings (SSSR count). The maximum Gasteiger partial charge on any atom is 0.132 e. The summed E-state index contributed by atoms with van der Waals surface area (Å²) < 4.78 is 24.6. The molecule has 5 heteroatoms. The molecule has 0 saturated heterocycles. The summed E-state index contributed by atoms with van der Waals surface area (Å²) in [4.78, 5) is 0. The van der Waals surface area contributed by atoms with E-state index in [1.165, 1.54) is 11.1 Å². The number of rotatable bonds is 11. The first-order valence-electron chi connectivity index (χ1n) is 12.6. The summed E-state index contributed by atoms with van der Waals surface area (Å²) in [5.74, 6) is 1.69. The molecule has 1 heterocycles. The Hall–Kier alpha value is -3.28. The van der Waals surface area contributed by atoms with Crippen LogP contribution in [0.5, 0.6) is 11.5 Å². The van der Waals surface area contributed by atoms with Crippen molar-refractivity contribution in [1.82, 2.24) is 0 Å². The Morgan fingerprint density at radius 3 is 2.44 bits per heavy atom. The second kappa shape index (κ2) is 12.1. The summed E-state index contributed by atoms with van der Waals surface area (Å²) in [7, 11) is 1.68. The molecule has 36 heavy (non-hydrogen) atoms. The number of fused-ring (bicyclic) bond motifs is 1. The van der Waals surface area contributed by atoms with Crippen LogP contribution in [-0.4, -0.2) is 32.0 Å². The van der Waals surface area contributed by atoms with E-state index in [-0.39, 0.29) is 12.2 Å². The van der Waals surface area contributed by atoms with Crippen LogP contribution in [0.2, 0.25) is 0 Å². The summed E-state index contributed by atoms with van der Waals surface area (Å²) >= 11 is 0. The third kappa shape index (κ3) is 6.48. The third-order valence-electron chi connectivity index (χ3n) is 6.44. The van der Waals surface area contributed by atoms with E-state index < -0.39 is 5.60 Å². The van der Waals surface area contributed by atoms with E-state index in [0.717, 1.165) is 29.2 Å². The molecular weight excluding hydrogens is 450 g/mol. The highest BCUT2D eigenvalue weighted by Crippen LogP contribution is 2.44. The van der Waals surface area contributed by atoms with Crippen molar-refractivity contribution in [3.63, 3.8) is 0 Å². The number of hydrogen-bond donors (Lipinski definition) is 1. The lowest BCUT2D eigenvalue weighted by Crippen LogP contribution is -2.51. The number of nitrogens with one attached hydrogen (secondary N) is 1. The molecule has 0 spiro atoms. The summed E-state index contributed by atoms with van der Waals surface area (Å²) in [6, 6.07) is 24.7. The lowest BCUT2D eigenvalue weighted by molar-refractivity contribution is -0.157. The van der Waals surface area contributed by atoms with Gasteiger partial charge in [-0.15, -0.1) is 0 Å². The van der Waals surface area contributed by atoms with E-state index in [9.17, 15) is 0 Å². The summed E-state index contributed by atoms with van der Waals surface area (Å²) in [5, 5.41) is 3.53. The van der Waals surface area contributed by atoms with E-state index in [2.05, 4.69) is 67.7 Å². The SMILES string of the molecule is CC=CCOC1C(OCCc2ccccc2)c2cc(NCc3ccc(OC)cc3)ccc2OC1(C)C. The van der Waals surface area contributed by atoms with E-state index in [1.54, 1.807) is 7.11 Å². The molecular formula is C31H37NO4. The molecule has 3 aromatic rings. The van der Waals surface area contributed by atoms with Gasteiger partial charge < -0.3 is 24.3 Å². The molecule has 0 fully saturated rings. The first-order chi connectivity index (χ1) is 17.5. The Morgan fingerprint density at radius 2 is 1.72 bits per heavy atom. The summed E-state index contributed by atoms with van der Waals surface area (Å²) in [6.45, 7) is 7.94. The van der Waals surface area contributed by atoms with Gasteiger partial charge in [0, 0.05) is 17.8 Å². The molecule has 0 amide bonds. The fourth-order valence-electron chi connectivity index (χ4n) is 4.46. The highest BCUT2D eigenvalue weighted by atomic mass is 16.6. The Kier molecular flexibility index (Phi) is 8.68. The number of ether oxygens (including phenoxy) is 4. The van der Waals surface area contributed by atoms with Crippen molar-refractivity contribution in [2.45, 2.75) is 51.5 Å². The van der Waals surface area contributed by atoms with Crippen LogP contribution in [0.15, 0.2) is 84.9 Å². The molecule has 5 nitrogen and oxygen atoms in total. The van der Waals surface area contributed by atoms with Gasteiger partial charge in [-0.3, -0.25) is 0 Å². The van der Waals surface area contributed by atoms with Gasteiger partial charge in [0.1, 0.15) is 29.3 Å². The normalized spacial score (nSPS) is 18.4. The number of anilines is 1. The van der Waals surface area contributed by atoms with Gasteiger partial charge >= 0.3 is 0 Å². The van der Waals surface area contributed by atoms with Crippen molar-refractivity contribution in [1.29, 1.82) is 0 Å². The number of hydrogen-bond acceptors (Lipinski definition) is 5. The molecule has 1 aliphatic heterocycles. The molecule has 2 unspecified atom stereocenters. The minimum Gasteiger partial charge on any atom is -0.497 e. The van der Waals surface area contributed by atoms with Crippen molar-refractivity contribution in [3.05, 3.63) is 102 Å². The monoisotopic (exact) mass is 487 g/mol. The quantitative estimate of drug-likeness (QED) is 0.304. The van der Waals surface area contributed by atoms with Crippen LogP contribution in [0, 0.1) is 0 Å². The molecule has 0 aliphatic carbocycles. The minimum absolute atomic E-state index is 0.250. The molecule has 3 aromatic carbocycles. The van der Waals surface area contributed by atoms with E-state index in [1.807, 2.05) is 43.3 Å². The Morgan fingerprint density at radius 1 is 0.944 bits per heavy atom. The van der Waals surface area contributed by atoms with Crippen LogP contribution < -0.4 is 14.8 Å². The van der Waals surface area contributed by atoms with Gasteiger partial charge in [0.25, 0.3) is 0 Å². The zero-order valence-corrected chi connectivity index (χ0v) is 21.7. The van der Waals surface area contributed by atoms with Crippen LogP contribution in [0.4, 0.5) is 5.69 Å². The lowest BCUT2D eigenvalue weighted by Gasteiger charge is -2.44. The second-order valence-corrected chi connectivity index (χ2v) is 9.51. The minimum atomic E-state index is -0.538. The zero-order valence-electron chi connectivity index (χ0n) is 21.7. The molecule has 0 saturated carbocycles. The average Bonchev–Trinajstić information content (AvgIpc) is 2.89. The molecule has 2 atom stereocenters. The Balaban J connectivity index is 1.54. The zero-order chi connectivity index (χ0) is 25.4. The predicted octanol–water partition coefficient (Wildman–Crippen LogP) is 6.74. The highest BCUT2D eigenvalue weighted by molar-refractivity contribution is 5.54. The lowest BCUT2D eigenvalue weighted by atomic mass is 9.87. The van der Waals surface area contributed by atoms with Crippen molar-refractivity contribution in [2.24, 2.45) is 0 Å². The number of methoxy groups -OCH3 is 1. The van der Waals surface area contributed by atoms with Gasteiger partial charge in [0.05, 0.1) is 20.3 Å². The topological polar surface area (TPSA) is 49.0 Å². The predicted molar refractivity (Wildman–Crippen MR) is 145 cm³/mol. The fraction of sp³-hybridized carbons (Fsp3) is 0.355. The largest absolute Gasteiger partial charge is 0.497 e. The first-order valence-corrected chi connectivity index (χ1v) is 12.6. The fourth-order valence-corrected chi connectivity index (χ4v) is 4.46. The van der Waals surface area contributed by atoms with Crippen LogP contribution in [0.1, 0.15) is 43.6 Å². The maximum absolute atomic E-state index is 6.56. The van der Waals surface area contributed by atoms with E-state index in [4.69, 9.17) is 18.9 Å². The van der Waals surface area contributed by atoms with Gasteiger partial charge in [-0.05, 0) is 68.7 Å².